The number of hydrogen-bond donors (Lipinski definition) is 0. The van der Waals surface area contributed by atoms with Crippen LogP contribution in [0.5, 0.6) is 5.88 Å². The third-order valence-corrected chi connectivity index (χ3v) is 5.04. The molecular weight excluding hydrogens is 362 g/mol. The monoisotopic (exact) mass is 381 g/mol. The van der Waals surface area contributed by atoms with Crippen LogP contribution in [0.4, 0.5) is 5.69 Å². The average Bonchev–Trinajstić information content (AvgIpc) is 3.07. The van der Waals surface area contributed by atoms with Crippen LogP contribution in [0.25, 0.3) is 11.3 Å². The molecule has 0 fully saturated rings. The summed E-state index contributed by atoms with van der Waals surface area (Å²) in [6.07, 6.45) is 3.52. The van der Waals surface area contributed by atoms with Gasteiger partial charge in [0.05, 0.1) is 11.4 Å². The number of fused-ring (bicyclic) bond motifs is 3. The smallest absolute Gasteiger partial charge is 0.247 e. The lowest BCUT2D eigenvalue weighted by atomic mass is 10.1. The fourth-order valence-corrected chi connectivity index (χ4v) is 3.46. The van der Waals surface area contributed by atoms with E-state index in [1.165, 1.54) is 11.8 Å². The summed E-state index contributed by atoms with van der Waals surface area (Å²) >= 11 is 1.39. The Morgan fingerprint density at radius 1 is 1.22 bits per heavy atom. The Balaban J connectivity index is 1.99. The van der Waals surface area contributed by atoms with Crippen LogP contribution in [0.2, 0.25) is 0 Å². The summed E-state index contributed by atoms with van der Waals surface area (Å²) < 4.78 is 8.24. The van der Waals surface area contributed by atoms with E-state index >= 15 is 0 Å². The number of carbonyl (C=O) groups excluding carboxylic acids is 1. The number of aromatic nitrogens is 4. The number of hydrogen-bond acceptors (Lipinski definition) is 6. The van der Waals surface area contributed by atoms with Crippen molar-refractivity contribution in [3.8, 4) is 17.1 Å². The third-order valence-electron chi connectivity index (χ3n) is 4.50. The maximum absolute atomic E-state index is 12.9. The molecule has 0 radical (unpaired) electrons. The summed E-state index contributed by atoms with van der Waals surface area (Å²) in [5, 5.41) is 9.03. The van der Waals surface area contributed by atoms with Gasteiger partial charge in [-0.25, -0.2) is 0 Å². The van der Waals surface area contributed by atoms with E-state index in [1.54, 1.807) is 4.90 Å². The Morgan fingerprint density at radius 3 is 2.74 bits per heavy atom. The maximum Gasteiger partial charge on any atom is 0.247 e. The van der Waals surface area contributed by atoms with Crippen LogP contribution in [0, 0.1) is 0 Å². The van der Waals surface area contributed by atoms with Crippen molar-refractivity contribution in [1.29, 1.82) is 0 Å². The predicted octanol–water partition coefficient (Wildman–Crippen LogP) is 3.43. The molecule has 1 aliphatic rings. The van der Waals surface area contributed by atoms with Crippen molar-refractivity contribution in [2.45, 2.75) is 24.7 Å². The Labute approximate surface area is 161 Å². The number of para-hydroxylation sites is 1. The zero-order valence-corrected chi connectivity index (χ0v) is 16.1. The van der Waals surface area contributed by atoms with E-state index in [9.17, 15) is 4.79 Å². The first-order valence-electron chi connectivity index (χ1n) is 8.62. The second-order valence-corrected chi connectivity index (χ2v) is 6.87. The molecule has 0 spiro atoms. The minimum atomic E-state index is -0.647. The first kappa shape index (κ1) is 17.5. The predicted molar refractivity (Wildman–Crippen MR) is 104 cm³/mol. The summed E-state index contributed by atoms with van der Waals surface area (Å²) in [6.45, 7) is 1.84. The molecule has 0 N–H and O–H groups in total. The van der Waals surface area contributed by atoms with E-state index in [2.05, 4.69) is 15.2 Å². The molecule has 2 aromatic heterocycles. The molecule has 7 nitrogen and oxygen atoms in total. The molecule has 1 aliphatic heterocycles. The summed E-state index contributed by atoms with van der Waals surface area (Å²) in [5.74, 6) is 0.332. The first-order chi connectivity index (χ1) is 13.1. The Hall–Kier alpha value is -2.87. The normalized spacial score (nSPS) is 15.5. The van der Waals surface area contributed by atoms with Gasteiger partial charge in [-0.2, -0.15) is 4.98 Å². The fraction of sp³-hybridized carbons (Fsp3) is 0.263. The van der Waals surface area contributed by atoms with Crippen LogP contribution in [0.3, 0.4) is 0 Å². The topological polar surface area (TPSA) is 73.1 Å². The van der Waals surface area contributed by atoms with Crippen LogP contribution in [-0.4, -0.2) is 31.9 Å². The average molecular weight is 381 g/mol. The van der Waals surface area contributed by atoms with Crippen molar-refractivity contribution < 1.29 is 9.53 Å². The summed E-state index contributed by atoms with van der Waals surface area (Å²) in [4.78, 5) is 19.2. The number of carbonyl (C=O) groups is 1. The van der Waals surface area contributed by atoms with E-state index in [1.807, 2.05) is 67.4 Å². The molecule has 8 heteroatoms. The quantitative estimate of drug-likeness (QED) is 0.647. The second kappa shape index (κ2) is 7.03. The van der Waals surface area contributed by atoms with Gasteiger partial charge < -0.3 is 9.30 Å². The highest BCUT2D eigenvalue weighted by atomic mass is 32.2. The van der Waals surface area contributed by atoms with Crippen LogP contribution < -0.4 is 9.64 Å². The molecule has 1 atom stereocenters. The molecule has 0 aliphatic carbocycles. The van der Waals surface area contributed by atoms with E-state index in [-0.39, 0.29) is 5.91 Å². The number of aryl methyl sites for hydroxylation is 1. The third kappa shape index (κ3) is 2.95. The lowest BCUT2D eigenvalue weighted by Crippen LogP contribution is -2.38. The molecule has 1 amide bonds. The van der Waals surface area contributed by atoms with Crippen molar-refractivity contribution in [2.24, 2.45) is 7.05 Å². The molecule has 0 bridgehead atoms. The van der Waals surface area contributed by atoms with Gasteiger partial charge in [-0.3, -0.25) is 9.69 Å². The first-order valence-corrected chi connectivity index (χ1v) is 9.84. The molecule has 3 aromatic rings. The van der Waals surface area contributed by atoms with Crippen molar-refractivity contribution >= 4 is 23.4 Å². The lowest BCUT2D eigenvalue weighted by molar-refractivity contribution is -0.120. The van der Waals surface area contributed by atoms with Crippen molar-refractivity contribution in [1.82, 2.24) is 19.7 Å². The van der Waals surface area contributed by atoms with Crippen molar-refractivity contribution in [3.63, 3.8) is 0 Å². The van der Waals surface area contributed by atoms with Crippen LogP contribution in [0.15, 0.2) is 47.8 Å². The molecule has 1 unspecified atom stereocenters. The number of ether oxygens (including phenoxy) is 1. The van der Waals surface area contributed by atoms with Gasteiger partial charge in [-0.1, -0.05) is 36.9 Å². The minimum Gasteiger partial charge on any atom is -0.445 e. The summed E-state index contributed by atoms with van der Waals surface area (Å²) in [6, 6.07) is 11.5. The molecule has 0 saturated carbocycles. The standard InChI is InChI=1S/C19H19N5O2S/c1-4-15(25)24-13-9-6-5-8-12(13)16-17(20-19(27-3)22-21-16)26-18(24)14-10-7-11-23(14)2/h5-11,18H,4H2,1-3H3. The Morgan fingerprint density at radius 2 is 2.04 bits per heavy atom. The van der Waals surface area contributed by atoms with E-state index in [0.717, 1.165) is 16.9 Å². The van der Waals surface area contributed by atoms with E-state index in [0.29, 0.717) is 23.2 Å². The number of rotatable bonds is 3. The second-order valence-electron chi connectivity index (χ2n) is 6.10. The highest BCUT2D eigenvalue weighted by molar-refractivity contribution is 7.98. The van der Waals surface area contributed by atoms with Gasteiger partial charge in [0.25, 0.3) is 0 Å². The summed E-state index contributed by atoms with van der Waals surface area (Å²) in [7, 11) is 1.93. The molecule has 1 aromatic carbocycles. The molecular formula is C19H19N5O2S. The van der Waals surface area contributed by atoms with E-state index in [4.69, 9.17) is 4.74 Å². The van der Waals surface area contributed by atoms with Gasteiger partial charge in [0.1, 0.15) is 0 Å². The van der Waals surface area contributed by atoms with Gasteiger partial charge in [0.2, 0.25) is 23.2 Å². The highest BCUT2D eigenvalue weighted by Gasteiger charge is 2.36. The number of amides is 1. The number of anilines is 1. The number of benzene rings is 1. The van der Waals surface area contributed by atoms with Gasteiger partial charge in [-0.15, -0.1) is 10.2 Å². The van der Waals surface area contributed by atoms with Crippen molar-refractivity contribution in [2.75, 3.05) is 11.2 Å². The van der Waals surface area contributed by atoms with Gasteiger partial charge in [-0.05, 0) is 24.5 Å². The van der Waals surface area contributed by atoms with Crippen LogP contribution in [0.1, 0.15) is 25.3 Å². The number of thioether (sulfide) groups is 1. The highest BCUT2D eigenvalue weighted by Crippen LogP contribution is 2.43. The molecule has 3 heterocycles. The summed E-state index contributed by atoms with van der Waals surface area (Å²) in [5.41, 5.74) is 2.90. The lowest BCUT2D eigenvalue weighted by Gasteiger charge is -2.30. The SMILES string of the molecule is CCC(=O)N1c2ccccc2-c2nnc(SC)nc2OC1c1cccn1C. The maximum atomic E-state index is 12.9. The van der Waals surface area contributed by atoms with Gasteiger partial charge >= 0.3 is 0 Å². The van der Waals surface area contributed by atoms with Gasteiger partial charge in [0.15, 0.2) is 5.69 Å². The Bertz CT molecular complexity index is 1000. The molecule has 27 heavy (non-hydrogen) atoms. The number of nitrogens with zero attached hydrogens (tertiary/aromatic N) is 5. The van der Waals surface area contributed by atoms with Crippen LogP contribution >= 0.6 is 11.8 Å². The Kier molecular flexibility index (Phi) is 4.57. The minimum absolute atomic E-state index is 0.0421. The zero-order valence-electron chi connectivity index (χ0n) is 15.3. The molecule has 4 rings (SSSR count). The van der Waals surface area contributed by atoms with Gasteiger partial charge in [0, 0.05) is 25.2 Å². The van der Waals surface area contributed by atoms with Crippen molar-refractivity contribution in [3.05, 3.63) is 48.3 Å². The van der Waals surface area contributed by atoms with E-state index < -0.39 is 6.23 Å². The molecule has 0 saturated heterocycles. The molecule has 138 valence electrons. The van der Waals surface area contributed by atoms with Crippen LogP contribution in [-0.2, 0) is 11.8 Å². The fourth-order valence-electron chi connectivity index (χ4n) is 3.16. The zero-order chi connectivity index (χ0) is 19.0. The largest absolute Gasteiger partial charge is 0.445 e.